The summed E-state index contributed by atoms with van der Waals surface area (Å²) < 4.78 is 0. The number of unbranched alkanes of at least 4 members (excludes halogenated alkanes) is 2. The minimum atomic E-state index is -1.14. The van der Waals surface area contributed by atoms with Gasteiger partial charge in [-0.2, -0.15) is 0 Å². The molecule has 0 unspecified atom stereocenters. The van der Waals surface area contributed by atoms with Crippen LogP contribution in [0.3, 0.4) is 0 Å². The molecule has 21 heavy (non-hydrogen) atoms. The molecule has 5 heteroatoms. The predicted octanol–water partition coefficient (Wildman–Crippen LogP) is 1.49. The Morgan fingerprint density at radius 3 is 1.38 bits per heavy atom. The van der Waals surface area contributed by atoms with Gasteiger partial charge in [-0.05, 0) is 13.0 Å². The number of aliphatic carboxylic acids is 2. The van der Waals surface area contributed by atoms with Crippen molar-refractivity contribution >= 4 is 35.8 Å². The number of carboxylic acid groups (broad SMARTS) is 2. The average molecular weight is 403 g/mol. The van der Waals surface area contributed by atoms with Gasteiger partial charge in [0.1, 0.15) is 0 Å². The molecule has 0 aliphatic carbocycles. The molecule has 0 aliphatic rings. The van der Waals surface area contributed by atoms with E-state index in [-0.39, 0.29) is 30.3 Å². The molecule has 0 saturated heterocycles. The van der Waals surface area contributed by atoms with Gasteiger partial charge in [0.2, 0.25) is 0 Å². The van der Waals surface area contributed by atoms with Gasteiger partial charge >= 0.3 is 23.9 Å². The minimum absolute atomic E-state index is 0. The third-order valence-electron chi connectivity index (χ3n) is 1.32. The predicted molar refractivity (Wildman–Crippen MR) is 85.9 cm³/mol. The summed E-state index contributed by atoms with van der Waals surface area (Å²) in [6.45, 7) is 16.2. The van der Waals surface area contributed by atoms with Crippen LogP contribution < -0.4 is 10.2 Å². The fraction of sp³-hybridized carbons (Fsp3) is 0.500. The Kier molecular flexibility index (Phi) is 56.1. The molecule has 120 valence electrons. The second kappa shape index (κ2) is 36.5. The Morgan fingerprint density at radius 2 is 1.38 bits per heavy atom. The molecule has 0 fully saturated rings. The second-order valence-corrected chi connectivity index (χ2v) is 3.39. The van der Waals surface area contributed by atoms with E-state index in [0.29, 0.717) is 0 Å². The summed E-state index contributed by atoms with van der Waals surface area (Å²) in [5, 5.41) is 18.8. The Balaban J connectivity index is -0.0000000544. The molecule has 0 rings (SSSR count). The molecular formula is C16H28O4Sn. The summed E-state index contributed by atoms with van der Waals surface area (Å²) >= 11 is 0. The van der Waals surface area contributed by atoms with Gasteiger partial charge in [0.25, 0.3) is 0 Å². The van der Waals surface area contributed by atoms with Crippen LogP contribution in [0.2, 0.25) is 0 Å². The van der Waals surface area contributed by atoms with E-state index in [2.05, 4.69) is 34.3 Å². The maximum Gasteiger partial charge on any atom is 2.00 e. The van der Waals surface area contributed by atoms with Crippen LogP contribution in [0.5, 0.6) is 0 Å². The van der Waals surface area contributed by atoms with Gasteiger partial charge in [-0.3, -0.25) is 0 Å². The molecule has 0 saturated carbocycles. The van der Waals surface area contributed by atoms with Crippen molar-refractivity contribution in [3.05, 3.63) is 38.7 Å². The van der Waals surface area contributed by atoms with Gasteiger partial charge < -0.3 is 19.8 Å². The number of carbonyl (C=O) groups is 2. The number of rotatable bonds is 5. The second-order valence-electron chi connectivity index (χ2n) is 3.39. The van der Waals surface area contributed by atoms with Crippen LogP contribution in [0, 0.1) is 13.8 Å². The molecule has 0 aromatic rings. The van der Waals surface area contributed by atoms with Crippen LogP contribution >= 0.6 is 0 Å². The third kappa shape index (κ3) is 109. The molecular weight excluding hydrogens is 375 g/mol. The number of carbonyl (C=O) groups excluding carboxylic acids is 2. The van der Waals surface area contributed by atoms with Crippen molar-refractivity contribution in [2.75, 3.05) is 0 Å². The molecule has 0 amide bonds. The van der Waals surface area contributed by atoms with E-state index in [0.717, 1.165) is 18.9 Å². The Bertz CT molecular complexity index is 230. The normalized spacial score (nSPS) is 7.67. The smallest absolute Gasteiger partial charge is 0.550 e. The summed E-state index contributed by atoms with van der Waals surface area (Å²) in [5.41, 5.74) is 0. The molecule has 4 nitrogen and oxygen atoms in total. The largest absolute Gasteiger partial charge is 2.00 e. The van der Waals surface area contributed by atoms with Gasteiger partial charge in [-0.15, -0.1) is 6.58 Å². The van der Waals surface area contributed by atoms with Gasteiger partial charge in [0.15, 0.2) is 0 Å². The zero-order chi connectivity index (χ0) is 16.8. The number of hydrogen-bond donors (Lipinski definition) is 0. The zero-order valence-corrected chi connectivity index (χ0v) is 16.4. The summed E-state index contributed by atoms with van der Waals surface area (Å²) in [7, 11) is 0. The minimum Gasteiger partial charge on any atom is -0.550 e. The van der Waals surface area contributed by atoms with Crippen molar-refractivity contribution < 1.29 is 19.8 Å². The fourth-order valence-electron chi connectivity index (χ4n) is 0.254. The SMILES string of the molecule is C/C=C/C(=O)[O-].C=CCC(=O)[O-].[CH2]CCC.[CH2]CCC.[Sn+2]. The van der Waals surface area contributed by atoms with E-state index >= 15 is 0 Å². The van der Waals surface area contributed by atoms with Gasteiger partial charge in [-0.1, -0.05) is 65.5 Å². The molecule has 0 atom stereocenters. The van der Waals surface area contributed by atoms with Crippen molar-refractivity contribution in [1.82, 2.24) is 0 Å². The third-order valence-corrected chi connectivity index (χ3v) is 1.32. The Labute approximate surface area is 147 Å². The maximum atomic E-state index is 9.42. The van der Waals surface area contributed by atoms with Crippen molar-refractivity contribution in [3.8, 4) is 0 Å². The van der Waals surface area contributed by atoms with Gasteiger partial charge in [0, 0.05) is 12.4 Å². The van der Waals surface area contributed by atoms with Crippen molar-refractivity contribution in [3.63, 3.8) is 0 Å². The summed E-state index contributed by atoms with van der Waals surface area (Å²) in [5.74, 6) is -2.22. The van der Waals surface area contributed by atoms with Gasteiger partial charge in [0.05, 0.1) is 5.97 Å². The van der Waals surface area contributed by atoms with Crippen LogP contribution in [0.4, 0.5) is 0 Å². The van der Waals surface area contributed by atoms with E-state index in [9.17, 15) is 19.8 Å². The van der Waals surface area contributed by atoms with Crippen molar-refractivity contribution in [2.45, 2.75) is 52.9 Å². The van der Waals surface area contributed by atoms with E-state index < -0.39 is 11.9 Å². The molecule has 0 aromatic heterocycles. The molecule has 0 heterocycles. The van der Waals surface area contributed by atoms with Gasteiger partial charge in [-0.25, -0.2) is 0 Å². The average Bonchev–Trinajstić information content (AvgIpc) is 2.39. The van der Waals surface area contributed by atoms with Crippen LogP contribution in [-0.4, -0.2) is 35.8 Å². The monoisotopic (exact) mass is 404 g/mol. The number of hydrogen-bond acceptors (Lipinski definition) is 4. The first-order valence-corrected chi connectivity index (χ1v) is 6.60. The fourth-order valence-corrected chi connectivity index (χ4v) is 0.254. The van der Waals surface area contributed by atoms with E-state index in [1.807, 2.05) is 0 Å². The van der Waals surface area contributed by atoms with E-state index in [1.165, 1.54) is 25.0 Å². The first-order valence-electron chi connectivity index (χ1n) is 6.60. The molecule has 0 spiro atoms. The summed E-state index contributed by atoms with van der Waals surface area (Å²) in [6.07, 6.45) is 8.17. The number of allylic oxidation sites excluding steroid dienone is 1. The summed E-state index contributed by atoms with van der Waals surface area (Å²) in [6, 6.07) is 0. The first-order chi connectivity index (χ1) is 9.37. The quantitative estimate of drug-likeness (QED) is 0.396. The standard InChI is InChI=1S/2C4H6O2.2C4H9.Sn/c2*1-2-3-4(5)6;2*1-3-4-2;/h2-3H,1H3,(H,5,6);2H,1,3H2,(H,5,6);2*1,3-4H2,2H3;/q;;;;+2/p-2/b3-2+;;;;. The maximum absolute atomic E-state index is 9.42. The van der Waals surface area contributed by atoms with E-state index in [1.54, 1.807) is 6.92 Å². The molecule has 0 bridgehead atoms. The Hall–Kier alpha value is -0.781. The first kappa shape index (κ1) is 32.2. The topological polar surface area (TPSA) is 80.3 Å². The number of carboxylic acids is 2. The van der Waals surface area contributed by atoms with Crippen LogP contribution in [0.1, 0.15) is 52.9 Å². The van der Waals surface area contributed by atoms with Crippen LogP contribution in [-0.2, 0) is 9.59 Å². The van der Waals surface area contributed by atoms with Crippen molar-refractivity contribution in [1.29, 1.82) is 0 Å². The molecule has 0 aliphatic heterocycles. The van der Waals surface area contributed by atoms with Crippen LogP contribution in [0.25, 0.3) is 0 Å². The zero-order valence-electron chi connectivity index (χ0n) is 13.5. The van der Waals surface area contributed by atoms with Crippen LogP contribution in [0.15, 0.2) is 24.8 Å². The van der Waals surface area contributed by atoms with Crippen molar-refractivity contribution in [2.24, 2.45) is 0 Å². The Morgan fingerprint density at radius 1 is 1.05 bits per heavy atom. The molecule has 0 aromatic carbocycles. The summed E-state index contributed by atoms with van der Waals surface area (Å²) in [4.78, 5) is 18.8. The van der Waals surface area contributed by atoms with E-state index in [4.69, 9.17) is 0 Å². The molecule has 0 N–H and O–H groups in total. The molecule has 4 radical (unpaired) electrons.